The summed E-state index contributed by atoms with van der Waals surface area (Å²) >= 11 is 0. The molecule has 0 aliphatic heterocycles. The molecule has 4 heteroatoms. The Bertz CT molecular complexity index is 510. The minimum atomic E-state index is -0.803. The largest absolute Gasteiger partial charge is 0.383 e. The van der Waals surface area contributed by atoms with Crippen LogP contribution in [0.4, 0.5) is 0 Å². The van der Waals surface area contributed by atoms with E-state index in [4.69, 9.17) is 0 Å². The maximum Gasteiger partial charge on any atom is 0.191 e. The van der Waals surface area contributed by atoms with Crippen LogP contribution in [0, 0.1) is 0 Å². The number of aryl methyl sites for hydroxylation is 1. The summed E-state index contributed by atoms with van der Waals surface area (Å²) in [7, 11) is 0. The molecule has 1 aromatic carbocycles. The van der Waals surface area contributed by atoms with E-state index in [0.717, 1.165) is 30.9 Å². The highest BCUT2D eigenvalue weighted by Gasteiger charge is 2.36. The quantitative estimate of drug-likeness (QED) is 0.576. The number of nitrogens with one attached hydrogen (secondary N) is 2. The highest BCUT2D eigenvalue weighted by Crippen LogP contribution is 2.36. The lowest BCUT2D eigenvalue weighted by Gasteiger charge is -2.22. The molecule has 1 unspecified atom stereocenters. The summed E-state index contributed by atoms with van der Waals surface area (Å²) in [5.74, 6) is 0.827. The predicted molar refractivity (Wildman–Crippen MR) is 80.8 cm³/mol. The Hall–Kier alpha value is -1.55. The molecule has 3 rings (SSSR count). The van der Waals surface area contributed by atoms with Crippen molar-refractivity contribution in [3.05, 3.63) is 35.4 Å². The number of aliphatic imine (C=N–C) groups is 1. The van der Waals surface area contributed by atoms with E-state index in [9.17, 15) is 5.11 Å². The van der Waals surface area contributed by atoms with Gasteiger partial charge in [0.05, 0.1) is 6.54 Å². The fraction of sp³-hybridized carbons (Fsp3) is 0.562. The second-order valence-electron chi connectivity index (χ2n) is 5.80. The zero-order valence-electron chi connectivity index (χ0n) is 12.0. The van der Waals surface area contributed by atoms with Crippen LogP contribution in [0.2, 0.25) is 0 Å². The number of hydrogen-bond donors (Lipinski definition) is 3. The van der Waals surface area contributed by atoms with Crippen LogP contribution in [0.25, 0.3) is 0 Å². The van der Waals surface area contributed by atoms with Crippen molar-refractivity contribution in [1.82, 2.24) is 10.6 Å². The number of benzene rings is 1. The van der Waals surface area contributed by atoms with E-state index >= 15 is 0 Å². The van der Waals surface area contributed by atoms with Crippen molar-refractivity contribution in [2.24, 2.45) is 4.99 Å². The van der Waals surface area contributed by atoms with Crippen molar-refractivity contribution in [3.63, 3.8) is 0 Å². The Labute approximate surface area is 120 Å². The maximum atomic E-state index is 10.8. The minimum absolute atomic E-state index is 0.423. The lowest BCUT2D eigenvalue weighted by molar-refractivity contribution is 0.0485. The van der Waals surface area contributed by atoms with Gasteiger partial charge in [-0.05, 0) is 43.7 Å². The van der Waals surface area contributed by atoms with E-state index in [0.29, 0.717) is 12.6 Å². The molecule has 0 saturated heterocycles. The molecular formula is C16H23N3O. The van der Waals surface area contributed by atoms with Gasteiger partial charge in [-0.3, -0.25) is 0 Å². The number of nitrogens with zero attached hydrogens (tertiary/aromatic N) is 1. The van der Waals surface area contributed by atoms with Crippen LogP contribution in [-0.2, 0) is 12.0 Å². The summed E-state index contributed by atoms with van der Waals surface area (Å²) in [6.07, 6.45) is 4.14. The second kappa shape index (κ2) is 5.44. The molecule has 0 heterocycles. The second-order valence-corrected chi connectivity index (χ2v) is 5.80. The summed E-state index contributed by atoms with van der Waals surface area (Å²) in [6, 6.07) is 8.72. The van der Waals surface area contributed by atoms with Crippen molar-refractivity contribution in [3.8, 4) is 0 Å². The van der Waals surface area contributed by atoms with Gasteiger partial charge in [0.2, 0.25) is 0 Å². The molecule has 0 amide bonds. The van der Waals surface area contributed by atoms with E-state index in [1.807, 2.05) is 18.2 Å². The molecule has 2 aliphatic carbocycles. The monoisotopic (exact) mass is 273 g/mol. The lowest BCUT2D eigenvalue weighted by atomic mass is 9.96. The van der Waals surface area contributed by atoms with Gasteiger partial charge in [0.15, 0.2) is 5.96 Å². The first-order valence-corrected chi connectivity index (χ1v) is 7.57. The van der Waals surface area contributed by atoms with Gasteiger partial charge in [-0.25, -0.2) is 4.99 Å². The van der Waals surface area contributed by atoms with Gasteiger partial charge in [-0.1, -0.05) is 24.3 Å². The zero-order chi connectivity index (χ0) is 14.0. The molecule has 0 aromatic heterocycles. The third kappa shape index (κ3) is 2.80. The molecule has 0 spiro atoms. The highest BCUT2D eigenvalue weighted by molar-refractivity contribution is 5.80. The average molecular weight is 273 g/mol. The van der Waals surface area contributed by atoms with Crippen molar-refractivity contribution < 1.29 is 5.11 Å². The summed E-state index contributed by atoms with van der Waals surface area (Å²) in [5.41, 5.74) is 1.50. The molecule has 1 atom stereocenters. The van der Waals surface area contributed by atoms with Gasteiger partial charge >= 0.3 is 0 Å². The van der Waals surface area contributed by atoms with E-state index in [1.54, 1.807) is 0 Å². The summed E-state index contributed by atoms with van der Waals surface area (Å²) in [6.45, 7) is 3.32. The lowest BCUT2D eigenvalue weighted by Crippen LogP contribution is -2.40. The molecular weight excluding hydrogens is 250 g/mol. The number of aliphatic hydroxyl groups is 1. The van der Waals surface area contributed by atoms with Crippen LogP contribution in [0.15, 0.2) is 29.3 Å². The van der Waals surface area contributed by atoms with Crippen LogP contribution in [0.1, 0.15) is 37.3 Å². The molecule has 108 valence electrons. The van der Waals surface area contributed by atoms with Crippen molar-refractivity contribution in [2.75, 3.05) is 13.1 Å². The van der Waals surface area contributed by atoms with Crippen LogP contribution in [0.3, 0.4) is 0 Å². The van der Waals surface area contributed by atoms with Crippen molar-refractivity contribution in [2.45, 2.75) is 44.2 Å². The van der Waals surface area contributed by atoms with E-state index in [1.165, 1.54) is 18.4 Å². The SMILES string of the molecule is CCNC(=NCC1(O)CCc2ccccc21)NC1CC1. The Morgan fingerprint density at radius 1 is 1.40 bits per heavy atom. The summed E-state index contributed by atoms with van der Waals surface area (Å²) in [4.78, 5) is 4.59. The first kappa shape index (κ1) is 13.4. The third-order valence-corrected chi connectivity index (χ3v) is 4.09. The number of hydrogen-bond acceptors (Lipinski definition) is 2. The fourth-order valence-electron chi connectivity index (χ4n) is 2.78. The van der Waals surface area contributed by atoms with Crippen LogP contribution in [-0.4, -0.2) is 30.2 Å². The molecule has 20 heavy (non-hydrogen) atoms. The van der Waals surface area contributed by atoms with Gasteiger partial charge in [0.1, 0.15) is 5.60 Å². The van der Waals surface area contributed by atoms with Gasteiger partial charge in [-0.15, -0.1) is 0 Å². The Morgan fingerprint density at radius 2 is 2.20 bits per heavy atom. The Morgan fingerprint density at radius 3 is 2.95 bits per heavy atom. The predicted octanol–water partition coefficient (Wildman–Crippen LogP) is 1.54. The van der Waals surface area contributed by atoms with Crippen molar-refractivity contribution in [1.29, 1.82) is 0 Å². The van der Waals surface area contributed by atoms with Gasteiger partial charge in [-0.2, -0.15) is 0 Å². The van der Waals surface area contributed by atoms with Crippen LogP contribution in [0.5, 0.6) is 0 Å². The summed E-state index contributed by atoms with van der Waals surface area (Å²) < 4.78 is 0. The molecule has 0 bridgehead atoms. The molecule has 1 saturated carbocycles. The number of guanidine groups is 1. The van der Waals surface area contributed by atoms with Crippen LogP contribution >= 0.6 is 0 Å². The number of fused-ring (bicyclic) bond motifs is 1. The zero-order valence-corrected chi connectivity index (χ0v) is 12.0. The van der Waals surface area contributed by atoms with Gasteiger partial charge in [0, 0.05) is 12.6 Å². The Kier molecular flexibility index (Phi) is 3.66. The third-order valence-electron chi connectivity index (χ3n) is 4.09. The standard InChI is InChI=1S/C16H23N3O/c1-2-17-15(19-13-7-8-13)18-11-16(20)10-9-12-5-3-4-6-14(12)16/h3-6,13,20H,2,7-11H2,1H3,(H2,17,18,19). The topological polar surface area (TPSA) is 56.7 Å². The molecule has 3 N–H and O–H groups in total. The van der Waals surface area contributed by atoms with E-state index in [2.05, 4.69) is 28.6 Å². The van der Waals surface area contributed by atoms with E-state index < -0.39 is 5.60 Å². The van der Waals surface area contributed by atoms with Gasteiger partial charge in [0.25, 0.3) is 0 Å². The highest BCUT2D eigenvalue weighted by atomic mass is 16.3. The normalized spacial score (nSPS) is 25.4. The van der Waals surface area contributed by atoms with E-state index in [-0.39, 0.29) is 0 Å². The first-order chi connectivity index (χ1) is 9.71. The number of rotatable bonds is 4. The molecule has 4 nitrogen and oxygen atoms in total. The smallest absolute Gasteiger partial charge is 0.191 e. The minimum Gasteiger partial charge on any atom is -0.383 e. The molecule has 0 radical (unpaired) electrons. The first-order valence-electron chi connectivity index (χ1n) is 7.57. The maximum absolute atomic E-state index is 10.8. The fourth-order valence-corrected chi connectivity index (χ4v) is 2.78. The molecule has 1 fully saturated rings. The van der Waals surface area contributed by atoms with Gasteiger partial charge < -0.3 is 15.7 Å². The Balaban J connectivity index is 1.72. The molecule has 1 aromatic rings. The molecule has 2 aliphatic rings. The van der Waals surface area contributed by atoms with Crippen LogP contribution < -0.4 is 10.6 Å². The van der Waals surface area contributed by atoms with Crippen molar-refractivity contribution >= 4 is 5.96 Å². The average Bonchev–Trinajstić information content (AvgIpc) is 3.21. The summed E-state index contributed by atoms with van der Waals surface area (Å²) in [5, 5.41) is 17.5.